The van der Waals surface area contributed by atoms with Crippen molar-refractivity contribution in [3.05, 3.63) is 23.8 Å². The lowest BCUT2D eigenvalue weighted by Gasteiger charge is -2.49. The van der Waals surface area contributed by atoms with Crippen LogP contribution < -0.4 is 0 Å². The minimum absolute atomic E-state index is 0.0605. The lowest BCUT2D eigenvalue weighted by atomic mass is 9.56. The van der Waals surface area contributed by atoms with E-state index in [1.807, 2.05) is 0 Å². The van der Waals surface area contributed by atoms with Gasteiger partial charge in [-0.1, -0.05) is 25.2 Å². The van der Waals surface area contributed by atoms with Crippen molar-refractivity contribution in [1.82, 2.24) is 0 Å². The van der Waals surface area contributed by atoms with E-state index in [-0.39, 0.29) is 18.0 Å². The first-order valence-corrected chi connectivity index (χ1v) is 6.59. The quantitative estimate of drug-likeness (QED) is 0.364. The predicted molar refractivity (Wildman–Crippen MR) is 66.3 cm³/mol. The number of carbonyl (C=O) groups excluding carboxylic acids is 1. The van der Waals surface area contributed by atoms with Crippen LogP contribution in [-0.4, -0.2) is 12.1 Å². The van der Waals surface area contributed by atoms with Gasteiger partial charge in [-0.25, -0.2) is 4.79 Å². The molecule has 3 rings (SSSR count). The normalized spacial score (nSPS) is 44.8. The summed E-state index contributed by atoms with van der Waals surface area (Å²) in [7, 11) is 0. The first kappa shape index (κ1) is 11.1. The Morgan fingerprint density at radius 1 is 1.47 bits per heavy atom. The van der Waals surface area contributed by atoms with Crippen LogP contribution in [0.5, 0.6) is 0 Å². The van der Waals surface area contributed by atoms with Crippen molar-refractivity contribution in [3.63, 3.8) is 0 Å². The summed E-state index contributed by atoms with van der Waals surface area (Å²) in [5.74, 6) is 0.517. The van der Waals surface area contributed by atoms with Crippen LogP contribution in [0, 0.1) is 17.3 Å². The van der Waals surface area contributed by atoms with E-state index in [1.54, 1.807) is 0 Å². The van der Waals surface area contributed by atoms with Crippen molar-refractivity contribution in [2.24, 2.45) is 17.3 Å². The van der Waals surface area contributed by atoms with Gasteiger partial charge in [0.1, 0.15) is 6.10 Å². The van der Waals surface area contributed by atoms with Crippen molar-refractivity contribution < 1.29 is 9.53 Å². The molecular weight excluding hydrogens is 212 g/mol. The lowest BCUT2D eigenvalue weighted by molar-refractivity contribution is -0.144. The van der Waals surface area contributed by atoms with E-state index in [0.29, 0.717) is 16.9 Å². The Balaban J connectivity index is 2.00. The molecule has 0 spiro atoms. The van der Waals surface area contributed by atoms with Gasteiger partial charge in [-0.15, -0.1) is 0 Å². The van der Waals surface area contributed by atoms with Crippen LogP contribution in [0.3, 0.4) is 0 Å². The van der Waals surface area contributed by atoms with Crippen molar-refractivity contribution >= 4 is 5.97 Å². The Kier molecular flexibility index (Phi) is 2.26. The Bertz CT molecular complexity index is 421. The number of ether oxygens (including phenoxy) is 1. The minimum atomic E-state index is -0.164. The fourth-order valence-electron chi connectivity index (χ4n) is 4.15. The molecule has 17 heavy (non-hydrogen) atoms. The van der Waals surface area contributed by atoms with E-state index >= 15 is 0 Å². The van der Waals surface area contributed by atoms with Crippen molar-refractivity contribution in [2.75, 3.05) is 0 Å². The van der Waals surface area contributed by atoms with Crippen molar-refractivity contribution in [1.29, 1.82) is 0 Å². The zero-order chi connectivity index (χ0) is 12.2. The van der Waals surface area contributed by atoms with Crippen molar-refractivity contribution in [2.45, 2.75) is 45.6 Å². The summed E-state index contributed by atoms with van der Waals surface area (Å²) in [4.78, 5) is 11.7. The number of hydrogen-bond acceptors (Lipinski definition) is 2. The third-order valence-electron chi connectivity index (χ3n) is 5.13. The predicted octanol–water partition coefficient (Wildman–Crippen LogP) is 3.24. The molecular formula is C15H20O2. The highest BCUT2D eigenvalue weighted by Gasteiger charge is 2.54. The average molecular weight is 232 g/mol. The molecule has 2 aliphatic carbocycles. The second-order valence-electron chi connectivity index (χ2n) is 6.16. The molecule has 0 aromatic carbocycles. The maximum absolute atomic E-state index is 11.7. The van der Waals surface area contributed by atoms with Crippen LogP contribution in [0.4, 0.5) is 0 Å². The van der Waals surface area contributed by atoms with Gasteiger partial charge in [0, 0.05) is 17.4 Å². The van der Waals surface area contributed by atoms with Gasteiger partial charge in [-0.05, 0) is 38.0 Å². The van der Waals surface area contributed by atoms with E-state index in [2.05, 4.69) is 26.5 Å². The fraction of sp³-hybridized carbons (Fsp3) is 0.667. The molecule has 2 heteroatoms. The van der Waals surface area contributed by atoms with E-state index < -0.39 is 0 Å². The largest absolute Gasteiger partial charge is 0.458 e. The molecule has 2 fully saturated rings. The number of allylic oxidation sites excluding steroid dienone is 1. The molecule has 1 aliphatic heterocycles. The third-order valence-corrected chi connectivity index (χ3v) is 5.13. The monoisotopic (exact) mass is 232 g/mol. The van der Waals surface area contributed by atoms with E-state index in [1.165, 1.54) is 24.8 Å². The van der Waals surface area contributed by atoms with Gasteiger partial charge in [0.15, 0.2) is 0 Å². The molecule has 0 radical (unpaired) electrons. The summed E-state index contributed by atoms with van der Waals surface area (Å²) in [6.07, 6.45) is 7.04. The molecule has 0 unspecified atom stereocenters. The molecule has 4 atom stereocenters. The average Bonchev–Trinajstić information content (AvgIpc) is 2.54. The first-order valence-electron chi connectivity index (χ1n) is 6.59. The number of fused-ring (bicyclic) bond motifs is 3. The molecule has 1 saturated heterocycles. The molecule has 2 nitrogen and oxygen atoms in total. The molecule has 0 N–H and O–H groups in total. The summed E-state index contributed by atoms with van der Waals surface area (Å²) in [5.41, 5.74) is 2.44. The third kappa shape index (κ3) is 1.42. The molecule has 0 bridgehead atoms. The number of hydrogen-bond donors (Lipinski definition) is 0. The summed E-state index contributed by atoms with van der Waals surface area (Å²) in [6, 6.07) is 0. The zero-order valence-electron chi connectivity index (χ0n) is 10.7. The SMILES string of the molecule is C=C1C(=O)O[C@H]2[C@@H]1CC[C@]1(C)CCC=C(C)[C@H]21. The molecule has 0 amide bonds. The molecule has 1 heterocycles. The summed E-state index contributed by atoms with van der Waals surface area (Å²) >= 11 is 0. The van der Waals surface area contributed by atoms with Gasteiger partial charge in [0.05, 0.1) is 0 Å². The van der Waals surface area contributed by atoms with Crippen LogP contribution in [-0.2, 0) is 9.53 Å². The summed E-state index contributed by atoms with van der Waals surface area (Å²) in [5, 5.41) is 0. The number of esters is 1. The highest BCUT2D eigenvalue weighted by molar-refractivity contribution is 5.91. The van der Waals surface area contributed by atoms with Gasteiger partial charge in [-0.3, -0.25) is 0 Å². The Labute approximate surface area is 103 Å². The topological polar surface area (TPSA) is 26.3 Å². The van der Waals surface area contributed by atoms with Crippen LogP contribution in [0.2, 0.25) is 0 Å². The van der Waals surface area contributed by atoms with E-state index in [4.69, 9.17) is 4.74 Å². The first-order chi connectivity index (χ1) is 8.03. The standard InChI is InChI=1S/C15H20O2/c1-9-5-4-7-15(3)8-6-11-10(2)14(16)17-13(11)12(9)15/h5,11-13H,2,4,6-8H2,1,3H3/t11-,12-,13+,15+/m1/s1. The Hall–Kier alpha value is -1.05. The Morgan fingerprint density at radius 2 is 2.24 bits per heavy atom. The minimum Gasteiger partial charge on any atom is -0.458 e. The van der Waals surface area contributed by atoms with Crippen LogP contribution in [0.25, 0.3) is 0 Å². The second-order valence-corrected chi connectivity index (χ2v) is 6.16. The van der Waals surface area contributed by atoms with Gasteiger partial charge in [-0.2, -0.15) is 0 Å². The number of rotatable bonds is 0. The van der Waals surface area contributed by atoms with Crippen LogP contribution in [0.1, 0.15) is 39.5 Å². The van der Waals surface area contributed by atoms with E-state index in [0.717, 1.165) is 6.42 Å². The van der Waals surface area contributed by atoms with Gasteiger partial charge < -0.3 is 4.74 Å². The highest BCUT2D eigenvalue weighted by Crippen LogP contribution is 2.55. The molecule has 0 aromatic heterocycles. The molecule has 0 aromatic rings. The highest BCUT2D eigenvalue weighted by atomic mass is 16.6. The Morgan fingerprint density at radius 3 is 3.00 bits per heavy atom. The smallest absolute Gasteiger partial charge is 0.334 e. The molecule has 3 aliphatic rings. The van der Waals surface area contributed by atoms with Gasteiger partial charge >= 0.3 is 5.97 Å². The fourth-order valence-corrected chi connectivity index (χ4v) is 4.15. The van der Waals surface area contributed by atoms with Crippen LogP contribution in [0.15, 0.2) is 23.8 Å². The molecule has 92 valence electrons. The molecule has 1 saturated carbocycles. The zero-order valence-corrected chi connectivity index (χ0v) is 10.7. The maximum Gasteiger partial charge on any atom is 0.334 e. The maximum atomic E-state index is 11.7. The van der Waals surface area contributed by atoms with Crippen LogP contribution >= 0.6 is 0 Å². The van der Waals surface area contributed by atoms with Gasteiger partial charge in [0.2, 0.25) is 0 Å². The number of carbonyl (C=O) groups is 1. The van der Waals surface area contributed by atoms with Gasteiger partial charge in [0.25, 0.3) is 0 Å². The van der Waals surface area contributed by atoms with Crippen molar-refractivity contribution in [3.8, 4) is 0 Å². The summed E-state index contributed by atoms with van der Waals surface area (Å²) < 4.78 is 5.60. The van der Waals surface area contributed by atoms with E-state index in [9.17, 15) is 4.79 Å². The summed E-state index contributed by atoms with van der Waals surface area (Å²) in [6.45, 7) is 8.47. The lowest BCUT2D eigenvalue weighted by Crippen LogP contribution is -2.45. The second kappa shape index (κ2) is 3.47.